The number of carbonyl (C=O) groups excluding carboxylic acids is 2. The number of anilines is 2. The number of hydrogen-bond acceptors (Lipinski definition) is 3. The first-order chi connectivity index (χ1) is 8.11. The van der Waals surface area contributed by atoms with E-state index in [9.17, 15) is 9.59 Å². The predicted octanol–water partition coefficient (Wildman–Crippen LogP) is 0.974. The van der Waals surface area contributed by atoms with Crippen LogP contribution in [0, 0.1) is 0 Å². The van der Waals surface area contributed by atoms with Gasteiger partial charge in [0.2, 0.25) is 11.8 Å². The number of fused-ring (bicyclic) bond motifs is 1. The van der Waals surface area contributed by atoms with Crippen molar-refractivity contribution in [2.75, 3.05) is 23.3 Å². The van der Waals surface area contributed by atoms with Crippen molar-refractivity contribution in [1.82, 2.24) is 0 Å². The van der Waals surface area contributed by atoms with E-state index in [0.29, 0.717) is 22.9 Å². The van der Waals surface area contributed by atoms with Crippen LogP contribution >= 0.6 is 11.6 Å². The Hall–Kier alpha value is -1.59. The van der Waals surface area contributed by atoms with Gasteiger partial charge in [-0.15, -0.1) is 0 Å². The third-order valence-corrected chi connectivity index (χ3v) is 2.80. The summed E-state index contributed by atoms with van der Waals surface area (Å²) in [6, 6.07) is 5.00. The van der Waals surface area contributed by atoms with E-state index >= 15 is 0 Å². The van der Waals surface area contributed by atoms with Crippen molar-refractivity contribution in [3.8, 4) is 0 Å². The van der Waals surface area contributed by atoms with Crippen LogP contribution in [0.5, 0.6) is 0 Å². The molecule has 6 heteroatoms. The molecule has 0 atom stereocenters. The average molecular weight is 254 g/mol. The van der Waals surface area contributed by atoms with Gasteiger partial charge in [0, 0.05) is 18.0 Å². The quantitative estimate of drug-likeness (QED) is 0.783. The molecule has 2 amide bonds. The lowest BCUT2D eigenvalue weighted by Gasteiger charge is -2.21. The fraction of sp³-hybridized carbons (Fsp3) is 0.273. The van der Waals surface area contributed by atoms with Gasteiger partial charge in [-0.05, 0) is 18.2 Å². The SMILES string of the molecule is NCC(=O)N1CCC(=O)Nc2cc(Cl)ccc21. The van der Waals surface area contributed by atoms with Gasteiger partial charge in [-0.25, -0.2) is 0 Å². The molecule has 1 aliphatic rings. The summed E-state index contributed by atoms with van der Waals surface area (Å²) in [5.41, 5.74) is 6.53. The van der Waals surface area contributed by atoms with E-state index in [2.05, 4.69) is 5.32 Å². The van der Waals surface area contributed by atoms with E-state index in [1.54, 1.807) is 18.2 Å². The molecule has 0 aromatic heterocycles. The molecule has 1 heterocycles. The molecule has 0 bridgehead atoms. The molecule has 90 valence electrons. The number of nitrogens with one attached hydrogen (secondary N) is 1. The fourth-order valence-corrected chi connectivity index (χ4v) is 1.93. The van der Waals surface area contributed by atoms with E-state index in [1.165, 1.54) is 4.90 Å². The molecule has 5 nitrogen and oxygen atoms in total. The number of rotatable bonds is 1. The number of nitrogens with two attached hydrogens (primary N) is 1. The summed E-state index contributed by atoms with van der Waals surface area (Å²) in [4.78, 5) is 24.7. The second-order valence-corrected chi connectivity index (χ2v) is 4.15. The minimum absolute atomic E-state index is 0.0870. The van der Waals surface area contributed by atoms with Crippen molar-refractivity contribution in [2.24, 2.45) is 5.73 Å². The van der Waals surface area contributed by atoms with Gasteiger partial charge in [0.05, 0.1) is 17.9 Å². The van der Waals surface area contributed by atoms with Gasteiger partial charge >= 0.3 is 0 Å². The maximum atomic E-state index is 11.7. The zero-order valence-electron chi connectivity index (χ0n) is 9.07. The van der Waals surface area contributed by atoms with Gasteiger partial charge in [0.15, 0.2) is 0 Å². The zero-order chi connectivity index (χ0) is 12.4. The second-order valence-electron chi connectivity index (χ2n) is 3.71. The fourth-order valence-electron chi connectivity index (χ4n) is 1.76. The number of carbonyl (C=O) groups is 2. The Morgan fingerprint density at radius 3 is 3.00 bits per heavy atom. The number of halogens is 1. The first kappa shape index (κ1) is 11.9. The molecule has 1 aliphatic heterocycles. The van der Waals surface area contributed by atoms with Crippen molar-refractivity contribution < 1.29 is 9.59 Å². The van der Waals surface area contributed by atoms with Gasteiger partial charge in [-0.3, -0.25) is 9.59 Å². The summed E-state index contributed by atoms with van der Waals surface area (Å²) >= 11 is 5.86. The Bertz CT molecular complexity index is 476. The van der Waals surface area contributed by atoms with Crippen LogP contribution in [0.15, 0.2) is 18.2 Å². The van der Waals surface area contributed by atoms with E-state index in [4.69, 9.17) is 17.3 Å². The minimum Gasteiger partial charge on any atom is -0.324 e. The summed E-state index contributed by atoms with van der Waals surface area (Å²) in [7, 11) is 0. The number of hydrogen-bond donors (Lipinski definition) is 2. The highest BCUT2D eigenvalue weighted by molar-refractivity contribution is 6.31. The molecule has 0 unspecified atom stereocenters. The standard InChI is InChI=1S/C11H12ClN3O2/c12-7-1-2-9-8(5-7)14-10(16)3-4-15(9)11(17)6-13/h1-2,5H,3-4,6,13H2,(H,14,16). The van der Waals surface area contributed by atoms with E-state index in [0.717, 1.165) is 0 Å². The van der Waals surface area contributed by atoms with Gasteiger partial charge < -0.3 is 16.0 Å². The van der Waals surface area contributed by atoms with Gasteiger partial charge in [-0.1, -0.05) is 11.6 Å². The summed E-state index contributed by atoms with van der Waals surface area (Å²) in [6.45, 7) is 0.243. The van der Waals surface area contributed by atoms with Crippen molar-refractivity contribution in [2.45, 2.75) is 6.42 Å². The normalized spacial score (nSPS) is 14.9. The highest BCUT2D eigenvalue weighted by Gasteiger charge is 2.23. The summed E-state index contributed by atoms with van der Waals surface area (Å²) in [6.07, 6.45) is 0.248. The third-order valence-electron chi connectivity index (χ3n) is 2.56. The smallest absolute Gasteiger partial charge is 0.240 e. The molecule has 0 saturated carbocycles. The van der Waals surface area contributed by atoms with E-state index < -0.39 is 0 Å². The Kier molecular flexibility index (Phi) is 3.31. The zero-order valence-corrected chi connectivity index (χ0v) is 9.83. The van der Waals surface area contributed by atoms with Crippen molar-refractivity contribution in [3.05, 3.63) is 23.2 Å². The van der Waals surface area contributed by atoms with Crippen LogP contribution in [0.4, 0.5) is 11.4 Å². The van der Waals surface area contributed by atoms with E-state index in [-0.39, 0.29) is 24.8 Å². The lowest BCUT2D eigenvalue weighted by molar-refractivity contribution is -0.117. The van der Waals surface area contributed by atoms with Gasteiger partial charge in [0.25, 0.3) is 0 Å². The van der Waals surface area contributed by atoms with Crippen molar-refractivity contribution >= 4 is 34.8 Å². The van der Waals surface area contributed by atoms with E-state index in [1.807, 2.05) is 0 Å². The van der Waals surface area contributed by atoms with Crippen LogP contribution in [-0.2, 0) is 9.59 Å². The molecule has 0 aliphatic carbocycles. The Morgan fingerprint density at radius 1 is 1.53 bits per heavy atom. The summed E-state index contributed by atoms with van der Waals surface area (Å²) in [5, 5.41) is 3.22. The first-order valence-corrected chi connectivity index (χ1v) is 5.59. The Balaban J connectivity index is 2.46. The topological polar surface area (TPSA) is 75.4 Å². The third kappa shape index (κ3) is 2.40. The molecular weight excluding hydrogens is 242 g/mol. The summed E-state index contributed by atoms with van der Waals surface area (Å²) in [5.74, 6) is -0.356. The number of nitrogens with zero attached hydrogens (tertiary/aromatic N) is 1. The van der Waals surface area contributed by atoms with Crippen LogP contribution in [0.25, 0.3) is 0 Å². The Labute approximate surface area is 104 Å². The van der Waals surface area contributed by atoms with Crippen LogP contribution < -0.4 is 16.0 Å². The molecule has 0 fully saturated rings. The maximum absolute atomic E-state index is 11.7. The largest absolute Gasteiger partial charge is 0.324 e. The maximum Gasteiger partial charge on any atom is 0.240 e. The summed E-state index contributed by atoms with van der Waals surface area (Å²) < 4.78 is 0. The highest BCUT2D eigenvalue weighted by Crippen LogP contribution is 2.31. The number of amides is 2. The molecule has 3 N–H and O–H groups in total. The molecule has 0 spiro atoms. The molecule has 0 radical (unpaired) electrons. The van der Waals surface area contributed by atoms with Gasteiger partial charge in [0.1, 0.15) is 0 Å². The molecule has 0 saturated heterocycles. The lowest BCUT2D eigenvalue weighted by atomic mass is 10.2. The van der Waals surface area contributed by atoms with Crippen molar-refractivity contribution in [3.63, 3.8) is 0 Å². The minimum atomic E-state index is -0.218. The molecular formula is C11H12ClN3O2. The Morgan fingerprint density at radius 2 is 2.29 bits per heavy atom. The lowest BCUT2D eigenvalue weighted by Crippen LogP contribution is -2.36. The average Bonchev–Trinajstić information content (AvgIpc) is 2.46. The predicted molar refractivity (Wildman–Crippen MR) is 66.1 cm³/mol. The van der Waals surface area contributed by atoms with Crippen LogP contribution in [0.2, 0.25) is 5.02 Å². The van der Waals surface area contributed by atoms with Gasteiger partial charge in [-0.2, -0.15) is 0 Å². The molecule has 1 aromatic carbocycles. The second kappa shape index (κ2) is 4.73. The monoisotopic (exact) mass is 253 g/mol. The van der Waals surface area contributed by atoms with Crippen LogP contribution in [0.3, 0.4) is 0 Å². The molecule has 2 rings (SSSR count). The highest BCUT2D eigenvalue weighted by atomic mass is 35.5. The van der Waals surface area contributed by atoms with Crippen molar-refractivity contribution in [1.29, 1.82) is 0 Å². The van der Waals surface area contributed by atoms with Crippen LogP contribution in [0.1, 0.15) is 6.42 Å². The molecule has 17 heavy (non-hydrogen) atoms. The first-order valence-electron chi connectivity index (χ1n) is 5.21. The molecule has 1 aromatic rings. The number of benzene rings is 1. The van der Waals surface area contributed by atoms with Crippen LogP contribution in [-0.4, -0.2) is 24.9 Å².